The number of anilines is 1. The lowest BCUT2D eigenvalue weighted by atomic mass is 10.1. The van der Waals surface area contributed by atoms with Crippen molar-refractivity contribution in [3.63, 3.8) is 0 Å². The fourth-order valence-corrected chi connectivity index (χ4v) is 2.23. The maximum Gasteiger partial charge on any atom is 0.221 e. The highest BCUT2D eigenvalue weighted by molar-refractivity contribution is 6.00. The van der Waals surface area contributed by atoms with E-state index in [1.165, 1.54) is 14.0 Å². The second-order valence-electron chi connectivity index (χ2n) is 5.36. The number of carbonyl (C=O) groups excluding carboxylic acids is 2. The summed E-state index contributed by atoms with van der Waals surface area (Å²) in [5, 5.41) is 11.6. The number of nitrogens with one attached hydrogen (secondary N) is 1. The van der Waals surface area contributed by atoms with E-state index in [0.29, 0.717) is 28.3 Å². The van der Waals surface area contributed by atoms with Crippen LogP contribution in [0.25, 0.3) is 0 Å². The van der Waals surface area contributed by atoms with Gasteiger partial charge in [-0.1, -0.05) is 0 Å². The number of hydrogen-bond acceptors (Lipinski definition) is 5. The monoisotopic (exact) mass is 338 g/mol. The van der Waals surface area contributed by atoms with Crippen LogP contribution in [0.3, 0.4) is 0 Å². The van der Waals surface area contributed by atoms with E-state index in [2.05, 4.69) is 5.32 Å². The molecular weight excluding hydrogens is 320 g/mol. The van der Waals surface area contributed by atoms with Crippen LogP contribution in [0.4, 0.5) is 5.69 Å². The zero-order valence-corrected chi connectivity index (χ0v) is 14.2. The number of nitriles is 1. The topological polar surface area (TPSA) is 88.4 Å². The number of ether oxygens (including phenoxy) is 2. The fraction of sp³-hybridized carbons (Fsp3) is 0.211. The fourth-order valence-electron chi connectivity index (χ4n) is 2.23. The van der Waals surface area contributed by atoms with Crippen LogP contribution in [0.2, 0.25) is 0 Å². The number of ketones is 1. The summed E-state index contributed by atoms with van der Waals surface area (Å²) in [5.74, 6) is 0.390. The van der Waals surface area contributed by atoms with Crippen molar-refractivity contribution in [2.75, 3.05) is 12.4 Å². The molecule has 0 aliphatic carbocycles. The number of Topliss-reactive ketones (excluding diaryl/α,β-unsaturated/α-hetero) is 1. The lowest BCUT2D eigenvalue weighted by molar-refractivity contribution is -0.114. The van der Waals surface area contributed by atoms with Gasteiger partial charge in [0.2, 0.25) is 11.7 Å². The number of hydrogen-bond donors (Lipinski definition) is 1. The van der Waals surface area contributed by atoms with Crippen molar-refractivity contribution < 1.29 is 19.1 Å². The van der Waals surface area contributed by atoms with Gasteiger partial charge in [-0.05, 0) is 43.3 Å². The molecule has 25 heavy (non-hydrogen) atoms. The molecule has 128 valence electrons. The minimum absolute atomic E-state index is 0.177. The Hall–Kier alpha value is -3.33. The second-order valence-corrected chi connectivity index (χ2v) is 5.36. The predicted molar refractivity (Wildman–Crippen MR) is 92.9 cm³/mol. The predicted octanol–water partition coefficient (Wildman–Crippen LogP) is 3.18. The van der Waals surface area contributed by atoms with Crippen molar-refractivity contribution >= 4 is 17.4 Å². The number of rotatable bonds is 6. The number of methoxy groups -OCH3 is 1. The van der Waals surface area contributed by atoms with E-state index in [1.807, 2.05) is 6.07 Å². The van der Waals surface area contributed by atoms with E-state index < -0.39 is 6.10 Å². The lowest BCUT2D eigenvalue weighted by Gasteiger charge is -2.16. The molecule has 1 amide bonds. The minimum atomic E-state index is -0.742. The molecule has 0 fully saturated rings. The maximum atomic E-state index is 12.5. The first-order valence-electron chi connectivity index (χ1n) is 7.61. The third-order valence-electron chi connectivity index (χ3n) is 3.46. The van der Waals surface area contributed by atoms with Crippen molar-refractivity contribution in [1.29, 1.82) is 5.26 Å². The van der Waals surface area contributed by atoms with Crippen LogP contribution in [0.1, 0.15) is 29.8 Å². The molecule has 6 nitrogen and oxygen atoms in total. The van der Waals surface area contributed by atoms with Crippen molar-refractivity contribution in [2.24, 2.45) is 0 Å². The van der Waals surface area contributed by atoms with Gasteiger partial charge in [0.1, 0.15) is 0 Å². The van der Waals surface area contributed by atoms with Gasteiger partial charge >= 0.3 is 0 Å². The van der Waals surface area contributed by atoms with Crippen LogP contribution in [-0.2, 0) is 4.79 Å². The van der Waals surface area contributed by atoms with Crippen LogP contribution in [-0.4, -0.2) is 24.9 Å². The molecule has 0 unspecified atom stereocenters. The van der Waals surface area contributed by atoms with Gasteiger partial charge < -0.3 is 14.8 Å². The van der Waals surface area contributed by atoms with Crippen molar-refractivity contribution in [2.45, 2.75) is 20.0 Å². The highest BCUT2D eigenvalue weighted by Gasteiger charge is 2.19. The third-order valence-corrected chi connectivity index (χ3v) is 3.46. The maximum absolute atomic E-state index is 12.5. The Labute approximate surface area is 146 Å². The molecule has 0 heterocycles. The van der Waals surface area contributed by atoms with Crippen LogP contribution >= 0.6 is 0 Å². The first-order valence-corrected chi connectivity index (χ1v) is 7.61. The lowest BCUT2D eigenvalue weighted by Crippen LogP contribution is -2.24. The highest BCUT2D eigenvalue weighted by Crippen LogP contribution is 2.29. The zero-order valence-electron chi connectivity index (χ0n) is 14.2. The Morgan fingerprint density at radius 1 is 1.12 bits per heavy atom. The van der Waals surface area contributed by atoms with E-state index >= 15 is 0 Å². The Morgan fingerprint density at radius 2 is 1.80 bits per heavy atom. The third kappa shape index (κ3) is 4.58. The van der Waals surface area contributed by atoms with Crippen LogP contribution in [0, 0.1) is 11.3 Å². The number of nitrogens with zero attached hydrogens (tertiary/aromatic N) is 1. The molecule has 1 N–H and O–H groups in total. The summed E-state index contributed by atoms with van der Waals surface area (Å²) in [4.78, 5) is 23.5. The first-order chi connectivity index (χ1) is 11.9. The normalized spacial score (nSPS) is 11.1. The summed E-state index contributed by atoms with van der Waals surface area (Å²) >= 11 is 0. The van der Waals surface area contributed by atoms with Gasteiger partial charge in [-0.2, -0.15) is 5.26 Å². The number of amides is 1. The van der Waals surface area contributed by atoms with Gasteiger partial charge in [0, 0.05) is 24.2 Å². The quantitative estimate of drug-likeness (QED) is 0.817. The minimum Gasteiger partial charge on any atom is -0.493 e. The molecule has 0 spiro atoms. The summed E-state index contributed by atoms with van der Waals surface area (Å²) in [6.45, 7) is 3.06. The summed E-state index contributed by atoms with van der Waals surface area (Å²) in [5.41, 5.74) is 1.53. The Morgan fingerprint density at radius 3 is 2.36 bits per heavy atom. The average Bonchev–Trinajstić information content (AvgIpc) is 2.61. The van der Waals surface area contributed by atoms with Gasteiger partial charge in [0.05, 0.1) is 18.7 Å². The van der Waals surface area contributed by atoms with Crippen molar-refractivity contribution in [3.8, 4) is 17.6 Å². The first kappa shape index (κ1) is 18.0. The van der Waals surface area contributed by atoms with E-state index in [0.717, 1.165) is 0 Å². The summed E-state index contributed by atoms with van der Waals surface area (Å²) in [7, 11) is 1.47. The molecule has 2 aromatic rings. The molecule has 2 aromatic carbocycles. The molecule has 0 aliphatic heterocycles. The van der Waals surface area contributed by atoms with E-state index in [4.69, 9.17) is 14.7 Å². The molecule has 0 radical (unpaired) electrons. The van der Waals surface area contributed by atoms with Gasteiger partial charge in [-0.25, -0.2) is 0 Å². The molecule has 1 atom stereocenters. The summed E-state index contributed by atoms with van der Waals surface area (Å²) in [6, 6.07) is 13.3. The van der Waals surface area contributed by atoms with E-state index in [-0.39, 0.29) is 11.7 Å². The Balaban J connectivity index is 2.12. The zero-order chi connectivity index (χ0) is 18.4. The van der Waals surface area contributed by atoms with Crippen molar-refractivity contribution in [3.05, 3.63) is 53.6 Å². The molecule has 0 aromatic heterocycles. The molecule has 0 bridgehead atoms. The SMILES string of the molecule is COc1cc(C#N)ccc1O[C@H](C)C(=O)c1ccc(NC(C)=O)cc1. The average molecular weight is 338 g/mol. The van der Waals surface area contributed by atoms with Crippen molar-refractivity contribution in [1.82, 2.24) is 0 Å². The highest BCUT2D eigenvalue weighted by atomic mass is 16.5. The van der Waals surface area contributed by atoms with E-state index in [1.54, 1.807) is 49.4 Å². The molecule has 0 aliphatic rings. The molecule has 0 saturated heterocycles. The second kappa shape index (κ2) is 7.97. The van der Waals surface area contributed by atoms with E-state index in [9.17, 15) is 9.59 Å². The number of benzene rings is 2. The molecule has 0 saturated carbocycles. The van der Waals surface area contributed by atoms with Gasteiger partial charge in [0.25, 0.3) is 0 Å². The van der Waals surface area contributed by atoms with Gasteiger partial charge in [-0.15, -0.1) is 0 Å². The smallest absolute Gasteiger partial charge is 0.221 e. The molecular formula is C19H18N2O4. The standard InChI is InChI=1S/C19H18N2O4/c1-12(25-17-9-4-14(11-20)10-18(17)24-3)19(23)15-5-7-16(8-6-15)21-13(2)22/h4-10,12H,1-3H3,(H,21,22)/t12-/m1/s1. The molecule has 2 rings (SSSR count). The van der Waals surface area contributed by atoms with Gasteiger partial charge in [0.15, 0.2) is 17.6 Å². The summed E-state index contributed by atoms with van der Waals surface area (Å²) < 4.78 is 10.9. The largest absolute Gasteiger partial charge is 0.493 e. The van der Waals surface area contributed by atoms with Crippen LogP contribution < -0.4 is 14.8 Å². The Bertz CT molecular complexity index is 822. The Kier molecular flexibility index (Phi) is 5.75. The van der Waals surface area contributed by atoms with Crippen LogP contribution in [0.15, 0.2) is 42.5 Å². The number of carbonyl (C=O) groups is 2. The van der Waals surface area contributed by atoms with Gasteiger partial charge in [-0.3, -0.25) is 9.59 Å². The summed E-state index contributed by atoms with van der Waals surface area (Å²) in [6.07, 6.45) is -0.742. The van der Waals surface area contributed by atoms with Crippen LogP contribution in [0.5, 0.6) is 11.5 Å². The molecule has 6 heteroatoms.